The minimum atomic E-state index is 0.695. The summed E-state index contributed by atoms with van der Waals surface area (Å²) in [7, 11) is 0. The van der Waals surface area contributed by atoms with Gasteiger partial charge in [-0.05, 0) is 37.5 Å². The number of hydrogen-bond acceptors (Lipinski definition) is 8. The van der Waals surface area contributed by atoms with E-state index in [-0.39, 0.29) is 0 Å². The molecule has 0 aromatic carbocycles. The molecule has 3 fully saturated rings. The minimum Gasteiger partial charge on any atom is -0.378 e. The molecular weight excluding hydrogens is 428 g/mol. The molecule has 7 rings (SSSR count). The van der Waals surface area contributed by atoms with Gasteiger partial charge in [0, 0.05) is 69.8 Å². The van der Waals surface area contributed by atoms with Gasteiger partial charge in [-0.25, -0.2) is 19.9 Å². The molecule has 0 unspecified atom stereocenters. The zero-order chi connectivity index (χ0) is 22.5. The van der Waals surface area contributed by atoms with Gasteiger partial charge in [0.15, 0.2) is 11.5 Å². The number of ether oxygens (including phenoxy) is 1. The van der Waals surface area contributed by atoms with Crippen LogP contribution in [-0.2, 0) is 17.7 Å². The van der Waals surface area contributed by atoms with Gasteiger partial charge in [0.1, 0.15) is 0 Å². The normalized spacial score (nSPS) is 21.1. The van der Waals surface area contributed by atoms with Crippen molar-refractivity contribution in [3.05, 3.63) is 30.0 Å². The molecule has 34 heavy (non-hydrogen) atoms. The van der Waals surface area contributed by atoms with Crippen LogP contribution in [0.2, 0.25) is 0 Å². The first-order valence-corrected chi connectivity index (χ1v) is 12.8. The van der Waals surface area contributed by atoms with E-state index in [4.69, 9.17) is 14.7 Å². The SMILES string of the molecule is c1nc(NCC2CC2)ncc1-c1cn2c3c(nc2c(N2CCOCC2)n1)CCN(CC1CC1)C3. The monoisotopic (exact) mass is 460 g/mol. The summed E-state index contributed by atoms with van der Waals surface area (Å²) >= 11 is 0. The molecule has 178 valence electrons. The van der Waals surface area contributed by atoms with E-state index < -0.39 is 0 Å². The number of morpholine rings is 1. The maximum Gasteiger partial charge on any atom is 0.222 e. The Morgan fingerprint density at radius 3 is 2.53 bits per heavy atom. The van der Waals surface area contributed by atoms with Crippen LogP contribution in [0.4, 0.5) is 11.8 Å². The molecule has 4 aliphatic rings. The van der Waals surface area contributed by atoms with Crippen LogP contribution in [-0.4, -0.2) is 75.2 Å². The summed E-state index contributed by atoms with van der Waals surface area (Å²) in [6.07, 6.45) is 12.3. The highest BCUT2D eigenvalue weighted by atomic mass is 16.5. The topological polar surface area (TPSA) is 83.7 Å². The lowest BCUT2D eigenvalue weighted by Gasteiger charge is -2.28. The van der Waals surface area contributed by atoms with E-state index in [1.807, 2.05) is 12.4 Å². The molecule has 9 heteroatoms. The van der Waals surface area contributed by atoms with Gasteiger partial charge in [0.25, 0.3) is 0 Å². The number of fused-ring (bicyclic) bond motifs is 3. The van der Waals surface area contributed by atoms with Crippen molar-refractivity contribution in [1.82, 2.24) is 29.2 Å². The van der Waals surface area contributed by atoms with Gasteiger partial charge in [0.2, 0.25) is 5.95 Å². The third-order valence-corrected chi connectivity index (χ3v) is 7.53. The molecule has 0 spiro atoms. The Kier molecular flexibility index (Phi) is 5.12. The van der Waals surface area contributed by atoms with Crippen LogP contribution in [0.3, 0.4) is 0 Å². The molecule has 2 aliphatic carbocycles. The molecule has 1 saturated heterocycles. The second-order valence-corrected chi connectivity index (χ2v) is 10.3. The Bertz CT molecular complexity index is 1180. The second-order valence-electron chi connectivity index (χ2n) is 10.3. The maximum atomic E-state index is 5.61. The summed E-state index contributed by atoms with van der Waals surface area (Å²) in [4.78, 5) is 24.3. The molecule has 0 bridgehead atoms. The molecule has 3 aromatic heterocycles. The average Bonchev–Trinajstić information content (AvgIpc) is 3.82. The van der Waals surface area contributed by atoms with Gasteiger partial charge in [-0.1, -0.05) is 0 Å². The summed E-state index contributed by atoms with van der Waals surface area (Å²) in [5, 5.41) is 3.35. The fraction of sp³-hybridized carbons (Fsp3) is 0.600. The molecular formula is C25H32N8O. The molecule has 2 aliphatic heterocycles. The molecule has 0 atom stereocenters. The van der Waals surface area contributed by atoms with E-state index in [9.17, 15) is 0 Å². The quantitative estimate of drug-likeness (QED) is 0.576. The molecule has 0 radical (unpaired) electrons. The largest absolute Gasteiger partial charge is 0.378 e. The lowest BCUT2D eigenvalue weighted by atomic mass is 10.1. The van der Waals surface area contributed by atoms with Crippen molar-refractivity contribution < 1.29 is 4.74 Å². The minimum absolute atomic E-state index is 0.695. The van der Waals surface area contributed by atoms with Crippen LogP contribution in [0.1, 0.15) is 37.1 Å². The zero-order valence-corrected chi connectivity index (χ0v) is 19.6. The number of aromatic nitrogens is 5. The molecule has 1 N–H and O–H groups in total. The van der Waals surface area contributed by atoms with Crippen molar-refractivity contribution >= 4 is 17.4 Å². The Hall–Kier alpha value is -2.78. The molecule has 9 nitrogen and oxygen atoms in total. The van der Waals surface area contributed by atoms with Crippen LogP contribution in [0.5, 0.6) is 0 Å². The summed E-state index contributed by atoms with van der Waals surface area (Å²) in [6.45, 7) is 7.34. The maximum absolute atomic E-state index is 5.61. The van der Waals surface area contributed by atoms with Crippen molar-refractivity contribution in [1.29, 1.82) is 0 Å². The van der Waals surface area contributed by atoms with Crippen molar-refractivity contribution in [3.63, 3.8) is 0 Å². The number of hydrogen-bond donors (Lipinski definition) is 1. The Morgan fingerprint density at radius 1 is 0.971 bits per heavy atom. The summed E-state index contributed by atoms with van der Waals surface area (Å²) in [6, 6.07) is 0. The van der Waals surface area contributed by atoms with Gasteiger partial charge in [-0.3, -0.25) is 9.30 Å². The third kappa shape index (κ3) is 4.11. The van der Waals surface area contributed by atoms with E-state index in [1.165, 1.54) is 43.6 Å². The Morgan fingerprint density at radius 2 is 1.76 bits per heavy atom. The highest BCUT2D eigenvalue weighted by Gasteiger charge is 2.30. The van der Waals surface area contributed by atoms with E-state index in [2.05, 4.69) is 35.7 Å². The lowest BCUT2D eigenvalue weighted by Crippen LogP contribution is -2.37. The standard InChI is InChI=1S/C25H32N8O/c1-2-17(1)11-26-25-27-12-19(13-28-25)21-15-33-22-16-31(14-18-3-4-18)6-5-20(22)29-24(33)23(30-21)32-7-9-34-10-8-32/h12-13,15,17-18H,1-11,14,16H2,(H,26,27,28). The highest BCUT2D eigenvalue weighted by molar-refractivity contribution is 5.71. The summed E-state index contributed by atoms with van der Waals surface area (Å²) in [5.41, 5.74) is 5.32. The van der Waals surface area contributed by atoms with Crippen LogP contribution in [0.15, 0.2) is 18.6 Å². The van der Waals surface area contributed by atoms with E-state index >= 15 is 0 Å². The van der Waals surface area contributed by atoms with E-state index in [0.29, 0.717) is 5.95 Å². The van der Waals surface area contributed by atoms with Gasteiger partial charge in [0.05, 0.1) is 30.3 Å². The zero-order valence-electron chi connectivity index (χ0n) is 19.6. The van der Waals surface area contributed by atoms with E-state index in [0.717, 1.165) is 86.9 Å². The summed E-state index contributed by atoms with van der Waals surface area (Å²) < 4.78 is 7.91. The second kappa shape index (κ2) is 8.46. The first-order valence-electron chi connectivity index (χ1n) is 12.8. The first-order chi connectivity index (χ1) is 16.8. The third-order valence-electron chi connectivity index (χ3n) is 7.53. The first kappa shape index (κ1) is 20.6. The molecule has 0 amide bonds. The average molecular weight is 461 g/mol. The highest BCUT2D eigenvalue weighted by Crippen LogP contribution is 2.33. The number of imidazole rings is 1. The van der Waals surface area contributed by atoms with Gasteiger partial charge < -0.3 is 15.0 Å². The van der Waals surface area contributed by atoms with Gasteiger partial charge in [-0.2, -0.15) is 0 Å². The van der Waals surface area contributed by atoms with Crippen LogP contribution in [0.25, 0.3) is 16.9 Å². The predicted octanol–water partition coefficient (Wildman–Crippen LogP) is 2.61. The number of nitrogens with zero attached hydrogens (tertiary/aromatic N) is 7. The van der Waals surface area contributed by atoms with Crippen LogP contribution in [0, 0.1) is 11.8 Å². The van der Waals surface area contributed by atoms with Crippen LogP contribution >= 0.6 is 0 Å². The smallest absolute Gasteiger partial charge is 0.222 e. The molecule has 5 heterocycles. The van der Waals surface area contributed by atoms with Crippen LogP contribution < -0.4 is 10.2 Å². The van der Waals surface area contributed by atoms with Gasteiger partial charge in [-0.15, -0.1) is 0 Å². The van der Waals surface area contributed by atoms with Crippen molar-refractivity contribution in [2.45, 2.75) is 38.6 Å². The lowest BCUT2D eigenvalue weighted by molar-refractivity contribution is 0.122. The van der Waals surface area contributed by atoms with Crippen molar-refractivity contribution in [2.75, 3.05) is 56.2 Å². The van der Waals surface area contributed by atoms with E-state index in [1.54, 1.807) is 0 Å². The fourth-order valence-corrected chi connectivity index (χ4v) is 5.10. The number of nitrogens with one attached hydrogen (secondary N) is 1. The summed E-state index contributed by atoms with van der Waals surface area (Å²) in [5.74, 6) is 3.32. The van der Waals surface area contributed by atoms with Gasteiger partial charge >= 0.3 is 0 Å². The predicted molar refractivity (Wildman–Crippen MR) is 130 cm³/mol. The van der Waals surface area contributed by atoms with Crippen molar-refractivity contribution in [2.24, 2.45) is 11.8 Å². The Labute approximate surface area is 199 Å². The molecule has 3 aromatic rings. The fourth-order valence-electron chi connectivity index (χ4n) is 5.10. The molecule has 2 saturated carbocycles. The van der Waals surface area contributed by atoms with Crippen molar-refractivity contribution in [3.8, 4) is 11.3 Å². The number of anilines is 2. The number of rotatable bonds is 7. The Balaban J connectivity index is 1.26.